The van der Waals surface area contributed by atoms with Gasteiger partial charge in [0.05, 0.1) is 25.4 Å². The van der Waals surface area contributed by atoms with Crippen LogP contribution < -0.4 is 5.32 Å². The SMILES string of the molecule is COC(=O)C1SC(c2ccc(C(=O)NC(CO)C(=O)OCc3ccccc3)cc2)SC1C(=O)OC. The number of nitrogens with one attached hydrogen (secondary N) is 1. The quantitative estimate of drug-likeness (QED) is 0.375. The normalized spacial score (nSPS) is 19.9. The van der Waals surface area contributed by atoms with E-state index < -0.39 is 47.0 Å². The number of hydrogen-bond acceptors (Lipinski definition) is 10. The molecule has 0 bridgehead atoms. The van der Waals surface area contributed by atoms with Crippen LogP contribution in [0.2, 0.25) is 0 Å². The van der Waals surface area contributed by atoms with E-state index in [1.165, 1.54) is 37.7 Å². The molecule has 9 nitrogen and oxygen atoms in total. The third kappa shape index (κ3) is 6.77. The Morgan fingerprint density at radius 1 is 0.914 bits per heavy atom. The molecule has 2 aromatic carbocycles. The number of carbonyl (C=O) groups is 4. The van der Waals surface area contributed by atoms with Crippen molar-refractivity contribution < 1.29 is 38.5 Å². The number of aliphatic hydroxyl groups is 1. The van der Waals surface area contributed by atoms with Crippen LogP contribution in [0.3, 0.4) is 0 Å². The molecule has 3 rings (SSSR count). The predicted octanol–water partition coefficient (Wildman–Crippen LogP) is 2.08. The molecule has 1 amide bonds. The van der Waals surface area contributed by atoms with Crippen molar-refractivity contribution in [3.8, 4) is 0 Å². The molecule has 1 aliphatic heterocycles. The molecule has 1 heterocycles. The fraction of sp³-hybridized carbons (Fsp3) is 0.333. The maximum absolute atomic E-state index is 12.6. The molecule has 11 heteroatoms. The summed E-state index contributed by atoms with van der Waals surface area (Å²) in [6.45, 7) is -0.590. The van der Waals surface area contributed by atoms with E-state index in [1.807, 2.05) is 18.2 Å². The van der Waals surface area contributed by atoms with Gasteiger partial charge in [-0.15, -0.1) is 23.5 Å². The lowest BCUT2D eigenvalue weighted by Crippen LogP contribution is -2.44. The Morgan fingerprint density at radius 3 is 2.00 bits per heavy atom. The summed E-state index contributed by atoms with van der Waals surface area (Å²) in [6, 6.07) is 14.4. The second-order valence-corrected chi connectivity index (χ2v) is 10.2. The number of amides is 1. The van der Waals surface area contributed by atoms with E-state index >= 15 is 0 Å². The minimum atomic E-state index is -1.21. The third-order valence-electron chi connectivity index (χ3n) is 5.12. The van der Waals surface area contributed by atoms with E-state index in [2.05, 4.69) is 5.32 Å². The van der Waals surface area contributed by atoms with Crippen LogP contribution in [0.5, 0.6) is 0 Å². The van der Waals surface area contributed by atoms with Crippen LogP contribution in [0.15, 0.2) is 54.6 Å². The fourth-order valence-corrected chi connectivity index (χ4v) is 6.67. The first kappa shape index (κ1) is 26.6. The molecule has 1 aliphatic rings. The van der Waals surface area contributed by atoms with Gasteiger partial charge in [0.15, 0.2) is 6.04 Å². The average molecular weight is 520 g/mol. The van der Waals surface area contributed by atoms with Gasteiger partial charge in [-0.25, -0.2) is 4.79 Å². The Hall–Kier alpha value is -3.02. The molecule has 35 heavy (non-hydrogen) atoms. The lowest BCUT2D eigenvalue weighted by Gasteiger charge is -2.16. The molecule has 1 fully saturated rings. The van der Waals surface area contributed by atoms with Gasteiger partial charge in [0.1, 0.15) is 17.1 Å². The minimum absolute atomic E-state index is 0.0244. The molecule has 1 saturated heterocycles. The van der Waals surface area contributed by atoms with Gasteiger partial charge in [0.25, 0.3) is 5.91 Å². The largest absolute Gasteiger partial charge is 0.468 e. The molecule has 186 valence electrons. The van der Waals surface area contributed by atoms with Crippen molar-refractivity contribution in [2.45, 2.75) is 27.7 Å². The number of esters is 3. The van der Waals surface area contributed by atoms with Gasteiger partial charge in [-0.3, -0.25) is 14.4 Å². The van der Waals surface area contributed by atoms with Gasteiger partial charge in [-0.1, -0.05) is 42.5 Å². The van der Waals surface area contributed by atoms with Gasteiger partial charge in [-0.2, -0.15) is 0 Å². The van der Waals surface area contributed by atoms with Crippen LogP contribution in [-0.4, -0.2) is 66.3 Å². The fourth-order valence-electron chi connectivity index (χ4n) is 3.23. The molecule has 0 radical (unpaired) electrons. The lowest BCUT2D eigenvalue weighted by atomic mass is 10.1. The number of rotatable bonds is 9. The first-order valence-corrected chi connectivity index (χ1v) is 12.4. The smallest absolute Gasteiger partial charge is 0.331 e. The zero-order valence-electron chi connectivity index (χ0n) is 19.0. The van der Waals surface area contributed by atoms with Crippen molar-refractivity contribution in [3.05, 3.63) is 71.3 Å². The van der Waals surface area contributed by atoms with E-state index in [9.17, 15) is 24.3 Å². The first-order valence-electron chi connectivity index (χ1n) is 10.6. The summed E-state index contributed by atoms with van der Waals surface area (Å²) in [5.41, 5.74) is 1.84. The summed E-state index contributed by atoms with van der Waals surface area (Å²) in [6.07, 6.45) is 0. The first-order chi connectivity index (χ1) is 16.9. The molecule has 3 atom stereocenters. The molecular weight excluding hydrogens is 494 g/mol. The van der Waals surface area contributed by atoms with Crippen molar-refractivity contribution in [2.24, 2.45) is 0 Å². The van der Waals surface area contributed by atoms with Crippen LogP contribution in [-0.2, 0) is 35.2 Å². The van der Waals surface area contributed by atoms with E-state index in [-0.39, 0.29) is 16.8 Å². The van der Waals surface area contributed by atoms with Crippen LogP contribution in [0, 0.1) is 0 Å². The van der Waals surface area contributed by atoms with Crippen molar-refractivity contribution >= 4 is 47.3 Å². The highest BCUT2D eigenvalue weighted by molar-refractivity contribution is 8.21. The van der Waals surface area contributed by atoms with Crippen molar-refractivity contribution in [2.75, 3.05) is 20.8 Å². The Morgan fingerprint density at radius 2 is 1.49 bits per heavy atom. The summed E-state index contributed by atoms with van der Waals surface area (Å²) >= 11 is 2.55. The number of benzene rings is 2. The number of ether oxygens (including phenoxy) is 3. The van der Waals surface area contributed by atoms with E-state index in [0.29, 0.717) is 0 Å². The topological polar surface area (TPSA) is 128 Å². The summed E-state index contributed by atoms with van der Waals surface area (Å²) in [5, 5.41) is 10.6. The zero-order chi connectivity index (χ0) is 25.4. The predicted molar refractivity (Wildman–Crippen MR) is 131 cm³/mol. The Balaban J connectivity index is 1.61. The number of carbonyl (C=O) groups excluding carboxylic acids is 4. The van der Waals surface area contributed by atoms with Gasteiger partial charge in [-0.05, 0) is 23.3 Å². The molecule has 2 aromatic rings. The molecule has 0 spiro atoms. The van der Waals surface area contributed by atoms with E-state index in [0.717, 1.165) is 11.1 Å². The Bertz CT molecular complexity index is 1020. The van der Waals surface area contributed by atoms with Crippen LogP contribution in [0.25, 0.3) is 0 Å². The Labute approximate surface area is 210 Å². The maximum atomic E-state index is 12.6. The van der Waals surface area contributed by atoms with Gasteiger partial charge in [0.2, 0.25) is 0 Å². The molecule has 0 saturated carbocycles. The van der Waals surface area contributed by atoms with Gasteiger partial charge in [0, 0.05) is 5.56 Å². The van der Waals surface area contributed by atoms with Gasteiger partial charge < -0.3 is 24.6 Å². The van der Waals surface area contributed by atoms with E-state index in [4.69, 9.17) is 14.2 Å². The molecule has 0 aliphatic carbocycles. The van der Waals surface area contributed by atoms with Crippen molar-refractivity contribution in [1.82, 2.24) is 5.32 Å². The summed E-state index contributed by atoms with van der Waals surface area (Å²) in [7, 11) is 2.53. The van der Waals surface area contributed by atoms with Crippen LogP contribution in [0.4, 0.5) is 0 Å². The summed E-state index contributed by atoms with van der Waals surface area (Å²) in [4.78, 5) is 49.1. The number of aliphatic hydroxyl groups excluding tert-OH is 1. The standard InChI is InChI=1S/C24H25NO8S2/c1-31-22(29)18-19(23(30)32-2)35-24(34-18)16-10-8-15(9-11-16)20(27)25-17(12-26)21(28)33-13-14-6-4-3-5-7-14/h3-11,17-19,24,26H,12-13H2,1-2H3,(H,25,27). The average Bonchev–Trinajstić information content (AvgIpc) is 3.35. The third-order valence-corrected chi connectivity index (χ3v) is 8.52. The van der Waals surface area contributed by atoms with Crippen LogP contribution >= 0.6 is 23.5 Å². The second kappa shape index (κ2) is 12.6. The molecule has 0 aromatic heterocycles. The monoisotopic (exact) mass is 519 g/mol. The highest BCUT2D eigenvalue weighted by Gasteiger charge is 2.46. The highest BCUT2D eigenvalue weighted by Crippen LogP contribution is 2.54. The second-order valence-electron chi connectivity index (χ2n) is 7.42. The zero-order valence-corrected chi connectivity index (χ0v) is 20.7. The van der Waals surface area contributed by atoms with E-state index in [1.54, 1.807) is 36.4 Å². The molecular formula is C24H25NO8S2. The number of methoxy groups -OCH3 is 2. The molecule has 3 unspecified atom stereocenters. The van der Waals surface area contributed by atoms with Crippen molar-refractivity contribution in [3.63, 3.8) is 0 Å². The van der Waals surface area contributed by atoms with Crippen molar-refractivity contribution in [1.29, 1.82) is 0 Å². The number of hydrogen-bond donors (Lipinski definition) is 2. The highest BCUT2D eigenvalue weighted by atomic mass is 32.2. The lowest BCUT2D eigenvalue weighted by molar-refractivity contribution is -0.148. The minimum Gasteiger partial charge on any atom is -0.468 e. The van der Waals surface area contributed by atoms with Crippen LogP contribution in [0.1, 0.15) is 26.1 Å². The van der Waals surface area contributed by atoms with Gasteiger partial charge >= 0.3 is 17.9 Å². The summed E-state index contributed by atoms with van der Waals surface area (Å²) in [5.74, 6) is -2.32. The Kier molecular flexibility index (Phi) is 9.58. The molecule has 2 N–H and O–H groups in total. The number of thioether (sulfide) groups is 2. The summed E-state index contributed by atoms with van der Waals surface area (Å²) < 4.78 is 14.6. The maximum Gasteiger partial charge on any atom is 0.331 e.